The lowest BCUT2D eigenvalue weighted by Crippen LogP contribution is -2.28. The molecule has 1 saturated carbocycles. The van der Waals surface area contributed by atoms with Gasteiger partial charge in [0.2, 0.25) is 0 Å². The lowest BCUT2D eigenvalue weighted by Gasteiger charge is -2.23. The van der Waals surface area contributed by atoms with Crippen LogP contribution in [0.3, 0.4) is 0 Å². The van der Waals surface area contributed by atoms with Crippen LogP contribution in [0.5, 0.6) is 0 Å². The molecular weight excluding hydrogens is 265 g/mol. The zero-order valence-corrected chi connectivity index (χ0v) is 11.6. The third-order valence-corrected chi connectivity index (χ3v) is 4.77. The average Bonchev–Trinajstić information content (AvgIpc) is 2.63. The summed E-state index contributed by atoms with van der Waals surface area (Å²) in [4.78, 5) is 7.83. The Bertz CT molecular complexity index is 456. The zero-order chi connectivity index (χ0) is 14.2. The highest BCUT2D eigenvalue weighted by atomic mass is 19.4. The molecule has 0 bridgehead atoms. The SMILES string of the molecule is FC(F)(F)C1CCc2nc(C3CCCCCC3)[nH]c2C1. The molecule has 1 atom stereocenters. The Balaban J connectivity index is 1.76. The number of nitrogens with one attached hydrogen (secondary N) is 1. The summed E-state index contributed by atoms with van der Waals surface area (Å²) in [5, 5.41) is 0. The molecule has 0 amide bonds. The molecule has 1 heterocycles. The van der Waals surface area contributed by atoms with E-state index in [-0.39, 0.29) is 12.8 Å². The van der Waals surface area contributed by atoms with Gasteiger partial charge in [0.15, 0.2) is 0 Å². The van der Waals surface area contributed by atoms with Gasteiger partial charge < -0.3 is 4.98 Å². The van der Waals surface area contributed by atoms with E-state index in [0.717, 1.165) is 30.1 Å². The van der Waals surface area contributed by atoms with Gasteiger partial charge in [-0.3, -0.25) is 0 Å². The second-order valence-electron chi connectivity index (χ2n) is 6.22. The Morgan fingerprint density at radius 1 is 1.00 bits per heavy atom. The van der Waals surface area contributed by atoms with Gasteiger partial charge >= 0.3 is 6.18 Å². The van der Waals surface area contributed by atoms with Crippen molar-refractivity contribution in [1.29, 1.82) is 0 Å². The van der Waals surface area contributed by atoms with Crippen molar-refractivity contribution < 1.29 is 13.2 Å². The second kappa shape index (κ2) is 5.41. The highest BCUT2D eigenvalue weighted by molar-refractivity contribution is 5.21. The first-order valence-electron chi connectivity index (χ1n) is 7.68. The molecule has 1 aromatic rings. The highest BCUT2D eigenvalue weighted by Gasteiger charge is 2.42. The number of alkyl halides is 3. The molecule has 3 rings (SSSR count). The molecule has 2 nitrogen and oxygen atoms in total. The van der Waals surface area contributed by atoms with Crippen LogP contribution >= 0.6 is 0 Å². The second-order valence-corrected chi connectivity index (χ2v) is 6.22. The number of aromatic amines is 1. The normalized spacial score (nSPS) is 25.2. The molecule has 2 aliphatic rings. The number of hydrogen-bond acceptors (Lipinski definition) is 1. The van der Waals surface area contributed by atoms with Gasteiger partial charge in [-0.05, 0) is 25.7 Å². The van der Waals surface area contributed by atoms with Crippen LogP contribution < -0.4 is 0 Å². The molecular formula is C15H21F3N2. The van der Waals surface area contributed by atoms with Crippen molar-refractivity contribution in [3.8, 4) is 0 Å². The number of fused-ring (bicyclic) bond motifs is 1. The van der Waals surface area contributed by atoms with E-state index in [0.29, 0.717) is 12.3 Å². The minimum atomic E-state index is -4.08. The van der Waals surface area contributed by atoms with Crippen LogP contribution in [0, 0.1) is 5.92 Å². The first kappa shape index (κ1) is 14.0. The third-order valence-electron chi connectivity index (χ3n) is 4.77. The topological polar surface area (TPSA) is 28.7 Å². The highest BCUT2D eigenvalue weighted by Crippen LogP contribution is 2.38. The van der Waals surface area contributed by atoms with Gasteiger partial charge in [0.25, 0.3) is 0 Å². The van der Waals surface area contributed by atoms with Gasteiger partial charge in [-0.25, -0.2) is 4.98 Å². The molecule has 112 valence electrons. The number of rotatable bonds is 1. The van der Waals surface area contributed by atoms with Gasteiger partial charge in [0, 0.05) is 18.0 Å². The third kappa shape index (κ3) is 2.86. The zero-order valence-electron chi connectivity index (χ0n) is 11.6. The van der Waals surface area contributed by atoms with Crippen LogP contribution in [-0.4, -0.2) is 16.1 Å². The molecule has 0 radical (unpaired) electrons. The number of hydrogen-bond donors (Lipinski definition) is 1. The minimum absolute atomic E-state index is 0.0819. The molecule has 0 spiro atoms. The van der Waals surface area contributed by atoms with E-state index in [1.54, 1.807) is 0 Å². The van der Waals surface area contributed by atoms with Crippen molar-refractivity contribution in [2.75, 3.05) is 0 Å². The summed E-state index contributed by atoms with van der Waals surface area (Å²) in [7, 11) is 0. The fourth-order valence-electron chi connectivity index (χ4n) is 3.53. The Kier molecular flexibility index (Phi) is 3.78. The maximum atomic E-state index is 12.8. The monoisotopic (exact) mass is 286 g/mol. The van der Waals surface area contributed by atoms with Crippen molar-refractivity contribution >= 4 is 0 Å². The Morgan fingerprint density at radius 2 is 1.70 bits per heavy atom. The molecule has 5 heteroatoms. The molecule has 1 aromatic heterocycles. The van der Waals surface area contributed by atoms with Gasteiger partial charge in [0.1, 0.15) is 5.82 Å². The van der Waals surface area contributed by atoms with E-state index in [1.807, 2.05) is 0 Å². The summed E-state index contributed by atoms with van der Waals surface area (Å²) < 4.78 is 38.4. The number of H-pyrrole nitrogens is 1. The molecule has 0 aromatic carbocycles. The summed E-state index contributed by atoms with van der Waals surface area (Å²) in [6, 6.07) is 0. The number of imidazole rings is 1. The fourth-order valence-corrected chi connectivity index (χ4v) is 3.53. The molecule has 1 N–H and O–H groups in total. The van der Waals surface area contributed by atoms with Crippen LogP contribution in [0.4, 0.5) is 13.2 Å². The van der Waals surface area contributed by atoms with E-state index < -0.39 is 12.1 Å². The summed E-state index contributed by atoms with van der Waals surface area (Å²) in [6.45, 7) is 0. The molecule has 1 unspecified atom stereocenters. The quantitative estimate of drug-likeness (QED) is 0.756. The van der Waals surface area contributed by atoms with Crippen molar-refractivity contribution in [1.82, 2.24) is 9.97 Å². The van der Waals surface area contributed by atoms with Crippen LogP contribution in [0.1, 0.15) is 68.1 Å². The number of halogens is 3. The van der Waals surface area contributed by atoms with Crippen molar-refractivity contribution in [3.63, 3.8) is 0 Å². The molecule has 0 saturated heterocycles. The van der Waals surface area contributed by atoms with Crippen LogP contribution in [0.25, 0.3) is 0 Å². The van der Waals surface area contributed by atoms with Crippen LogP contribution in [-0.2, 0) is 12.8 Å². The number of nitrogens with zero attached hydrogens (tertiary/aromatic N) is 1. The summed E-state index contributed by atoms with van der Waals surface area (Å²) in [6.07, 6.45) is 3.85. The van der Waals surface area contributed by atoms with Gasteiger partial charge in [0.05, 0.1) is 11.6 Å². The number of aryl methyl sites for hydroxylation is 1. The first-order chi connectivity index (χ1) is 9.54. The predicted octanol–water partition coefficient (Wildman–Crippen LogP) is 4.51. The lowest BCUT2D eigenvalue weighted by molar-refractivity contribution is -0.177. The predicted molar refractivity (Wildman–Crippen MR) is 70.6 cm³/mol. The van der Waals surface area contributed by atoms with Gasteiger partial charge in [-0.1, -0.05) is 25.7 Å². The van der Waals surface area contributed by atoms with E-state index in [2.05, 4.69) is 9.97 Å². The Hall–Kier alpha value is -1.00. The van der Waals surface area contributed by atoms with E-state index >= 15 is 0 Å². The van der Waals surface area contributed by atoms with Crippen LogP contribution in [0.2, 0.25) is 0 Å². The maximum absolute atomic E-state index is 12.8. The molecule has 0 aliphatic heterocycles. The fraction of sp³-hybridized carbons (Fsp3) is 0.800. The Morgan fingerprint density at radius 3 is 2.35 bits per heavy atom. The maximum Gasteiger partial charge on any atom is 0.392 e. The van der Waals surface area contributed by atoms with Crippen molar-refractivity contribution in [2.24, 2.45) is 5.92 Å². The van der Waals surface area contributed by atoms with Gasteiger partial charge in [-0.15, -0.1) is 0 Å². The standard InChI is InChI=1S/C15H21F3N2/c16-15(17,18)11-7-8-12-13(9-11)20-14(19-12)10-5-3-1-2-4-6-10/h10-11H,1-9H2,(H,19,20). The van der Waals surface area contributed by atoms with E-state index in [1.165, 1.54) is 25.7 Å². The smallest absolute Gasteiger partial charge is 0.345 e. The lowest BCUT2D eigenvalue weighted by atomic mass is 9.89. The van der Waals surface area contributed by atoms with E-state index in [9.17, 15) is 13.2 Å². The summed E-state index contributed by atoms with van der Waals surface area (Å²) in [5.74, 6) is 0.171. The van der Waals surface area contributed by atoms with Gasteiger partial charge in [-0.2, -0.15) is 13.2 Å². The van der Waals surface area contributed by atoms with Crippen molar-refractivity contribution in [2.45, 2.75) is 69.9 Å². The Labute approximate surface area is 117 Å². The minimum Gasteiger partial charge on any atom is -0.345 e. The van der Waals surface area contributed by atoms with E-state index in [4.69, 9.17) is 0 Å². The summed E-state index contributed by atoms with van der Waals surface area (Å²) in [5.41, 5.74) is 1.61. The molecule has 1 fully saturated rings. The number of aromatic nitrogens is 2. The molecule has 20 heavy (non-hydrogen) atoms. The average molecular weight is 286 g/mol. The van der Waals surface area contributed by atoms with Crippen LogP contribution in [0.15, 0.2) is 0 Å². The molecule has 2 aliphatic carbocycles. The summed E-state index contributed by atoms with van der Waals surface area (Å²) >= 11 is 0. The largest absolute Gasteiger partial charge is 0.392 e. The van der Waals surface area contributed by atoms with Crippen molar-refractivity contribution in [3.05, 3.63) is 17.2 Å². The first-order valence-corrected chi connectivity index (χ1v) is 7.68.